The van der Waals surface area contributed by atoms with Gasteiger partial charge in [0.2, 0.25) is 0 Å². The minimum atomic E-state index is -1.72. The van der Waals surface area contributed by atoms with Crippen molar-refractivity contribution in [1.82, 2.24) is 4.90 Å². The second-order valence-electron chi connectivity index (χ2n) is 4.61. The third kappa shape index (κ3) is 2.72. The first-order valence-corrected chi connectivity index (χ1v) is 6.31. The number of halogens is 1. The van der Waals surface area contributed by atoms with Crippen molar-refractivity contribution < 1.29 is 19.8 Å². The Labute approximate surface area is 115 Å². The molecule has 1 fully saturated rings. The molecule has 1 heterocycles. The van der Waals surface area contributed by atoms with E-state index in [1.54, 1.807) is 24.3 Å². The Hall–Kier alpha value is -1.59. The second kappa shape index (κ2) is 5.19. The third-order valence-corrected chi connectivity index (χ3v) is 3.71. The highest BCUT2D eigenvalue weighted by molar-refractivity contribution is 6.33. The molecule has 19 heavy (non-hydrogen) atoms. The number of amides is 1. The van der Waals surface area contributed by atoms with E-state index in [1.165, 1.54) is 4.90 Å². The molecule has 1 aromatic carbocycles. The summed E-state index contributed by atoms with van der Waals surface area (Å²) in [5.41, 5.74) is -1.33. The van der Waals surface area contributed by atoms with Gasteiger partial charge in [0.1, 0.15) is 0 Å². The number of nitrogens with zero attached hydrogens (tertiary/aromatic N) is 1. The van der Waals surface area contributed by atoms with E-state index in [-0.39, 0.29) is 31.8 Å². The van der Waals surface area contributed by atoms with Gasteiger partial charge in [0.05, 0.1) is 10.6 Å². The molecule has 102 valence electrons. The Kier molecular flexibility index (Phi) is 3.78. The molecule has 1 aliphatic rings. The van der Waals surface area contributed by atoms with E-state index < -0.39 is 11.6 Å². The van der Waals surface area contributed by atoms with Crippen molar-refractivity contribution in [1.29, 1.82) is 0 Å². The number of rotatable bonds is 2. The van der Waals surface area contributed by atoms with Crippen LogP contribution in [0.5, 0.6) is 0 Å². The lowest BCUT2D eigenvalue weighted by molar-refractivity contribution is -0.162. The Balaban J connectivity index is 2.08. The molecule has 2 rings (SSSR count). The van der Waals surface area contributed by atoms with Crippen molar-refractivity contribution in [2.45, 2.75) is 18.4 Å². The average molecular weight is 284 g/mol. The first-order valence-electron chi connectivity index (χ1n) is 5.93. The predicted octanol–water partition coefficient (Wildman–Crippen LogP) is 1.39. The molecule has 2 N–H and O–H groups in total. The van der Waals surface area contributed by atoms with E-state index >= 15 is 0 Å². The van der Waals surface area contributed by atoms with Crippen LogP contribution in [0.1, 0.15) is 23.2 Å². The van der Waals surface area contributed by atoms with E-state index in [0.717, 1.165) is 0 Å². The first kappa shape index (κ1) is 13.8. The number of carboxylic acids is 1. The largest absolute Gasteiger partial charge is 0.479 e. The molecular formula is C13H14ClNO4. The lowest BCUT2D eigenvalue weighted by Gasteiger charge is -2.35. The zero-order valence-corrected chi connectivity index (χ0v) is 10.9. The fourth-order valence-corrected chi connectivity index (χ4v) is 2.32. The number of likely N-dealkylation sites (tertiary alicyclic amines) is 1. The van der Waals surface area contributed by atoms with Crippen molar-refractivity contribution in [3.8, 4) is 0 Å². The van der Waals surface area contributed by atoms with Crippen molar-refractivity contribution >= 4 is 23.5 Å². The van der Waals surface area contributed by atoms with Crippen LogP contribution in [0.4, 0.5) is 0 Å². The highest BCUT2D eigenvalue weighted by Gasteiger charge is 2.40. The van der Waals surface area contributed by atoms with Gasteiger partial charge in [-0.15, -0.1) is 0 Å². The van der Waals surface area contributed by atoms with E-state index in [0.29, 0.717) is 10.6 Å². The van der Waals surface area contributed by atoms with E-state index in [1.807, 2.05) is 0 Å². The summed E-state index contributed by atoms with van der Waals surface area (Å²) >= 11 is 5.95. The highest BCUT2D eigenvalue weighted by atomic mass is 35.5. The minimum Gasteiger partial charge on any atom is -0.479 e. The van der Waals surface area contributed by atoms with Gasteiger partial charge in [0.25, 0.3) is 5.91 Å². The molecule has 0 unspecified atom stereocenters. The van der Waals surface area contributed by atoms with Crippen LogP contribution in [0, 0.1) is 0 Å². The molecule has 1 saturated heterocycles. The fraction of sp³-hybridized carbons (Fsp3) is 0.385. The van der Waals surface area contributed by atoms with Gasteiger partial charge in [0, 0.05) is 25.9 Å². The number of carboxylic acid groups (broad SMARTS) is 1. The van der Waals surface area contributed by atoms with Crippen molar-refractivity contribution in [2.75, 3.05) is 13.1 Å². The quantitative estimate of drug-likeness (QED) is 0.860. The summed E-state index contributed by atoms with van der Waals surface area (Å²) in [6, 6.07) is 6.71. The van der Waals surface area contributed by atoms with Crippen LogP contribution < -0.4 is 0 Å². The van der Waals surface area contributed by atoms with Crippen molar-refractivity contribution in [3.05, 3.63) is 34.9 Å². The van der Waals surface area contributed by atoms with Crippen LogP contribution in [0.2, 0.25) is 5.02 Å². The summed E-state index contributed by atoms with van der Waals surface area (Å²) in [4.78, 5) is 24.6. The molecule has 0 radical (unpaired) electrons. The zero-order valence-electron chi connectivity index (χ0n) is 10.2. The van der Waals surface area contributed by atoms with Gasteiger partial charge in [-0.1, -0.05) is 23.7 Å². The Morgan fingerprint density at radius 2 is 1.79 bits per heavy atom. The molecule has 1 aliphatic heterocycles. The lowest BCUT2D eigenvalue weighted by Crippen LogP contribution is -2.50. The molecule has 0 saturated carbocycles. The number of hydrogen-bond acceptors (Lipinski definition) is 3. The summed E-state index contributed by atoms with van der Waals surface area (Å²) in [5.74, 6) is -1.48. The summed E-state index contributed by atoms with van der Waals surface area (Å²) in [6.07, 6.45) is 0.0526. The summed E-state index contributed by atoms with van der Waals surface area (Å²) in [7, 11) is 0. The van der Waals surface area contributed by atoms with Gasteiger partial charge in [-0.25, -0.2) is 4.79 Å². The van der Waals surface area contributed by atoms with Gasteiger partial charge in [-0.3, -0.25) is 4.79 Å². The maximum absolute atomic E-state index is 12.2. The molecule has 6 heteroatoms. The molecule has 0 aliphatic carbocycles. The zero-order chi connectivity index (χ0) is 14.0. The van der Waals surface area contributed by atoms with Crippen molar-refractivity contribution in [3.63, 3.8) is 0 Å². The molecule has 5 nitrogen and oxygen atoms in total. The summed E-state index contributed by atoms with van der Waals surface area (Å²) in [5, 5.41) is 19.1. The van der Waals surface area contributed by atoms with E-state index in [2.05, 4.69) is 0 Å². The smallest absolute Gasteiger partial charge is 0.335 e. The van der Waals surface area contributed by atoms with E-state index in [9.17, 15) is 14.7 Å². The topological polar surface area (TPSA) is 77.8 Å². The van der Waals surface area contributed by atoms with Gasteiger partial charge in [-0.2, -0.15) is 0 Å². The standard InChI is InChI=1S/C13H14ClNO4/c14-10-4-2-1-3-9(10)11(16)15-7-5-13(19,6-8-15)12(17)18/h1-4,19H,5-8H2,(H,17,18). The SMILES string of the molecule is O=C(c1ccccc1Cl)N1CCC(O)(C(=O)O)CC1. The number of carbonyl (C=O) groups is 2. The Morgan fingerprint density at radius 1 is 1.21 bits per heavy atom. The van der Waals surface area contributed by atoms with Gasteiger partial charge >= 0.3 is 5.97 Å². The Morgan fingerprint density at radius 3 is 2.32 bits per heavy atom. The molecule has 0 atom stereocenters. The van der Waals surface area contributed by atoms with Crippen LogP contribution in [-0.4, -0.2) is 45.7 Å². The predicted molar refractivity (Wildman–Crippen MR) is 69.2 cm³/mol. The Bertz CT molecular complexity index is 509. The number of aliphatic hydroxyl groups is 1. The number of carbonyl (C=O) groups excluding carboxylic acids is 1. The molecule has 1 amide bonds. The van der Waals surface area contributed by atoms with Crippen LogP contribution in [0.3, 0.4) is 0 Å². The molecule has 1 aromatic rings. The summed E-state index contributed by atoms with van der Waals surface area (Å²) in [6.45, 7) is 0.402. The molecule has 0 bridgehead atoms. The number of aliphatic carboxylic acids is 1. The van der Waals surface area contributed by atoms with Crippen molar-refractivity contribution in [2.24, 2.45) is 0 Å². The molecular weight excluding hydrogens is 270 g/mol. The van der Waals surface area contributed by atoms with Crippen LogP contribution in [-0.2, 0) is 4.79 Å². The summed E-state index contributed by atoms with van der Waals surface area (Å²) < 4.78 is 0. The minimum absolute atomic E-state index is 0.0263. The number of piperidine rings is 1. The van der Waals surface area contributed by atoms with Crippen LogP contribution in [0.25, 0.3) is 0 Å². The van der Waals surface area contributed by atoms with Gasteiger partial charge in [0.15, 0.2) is 5.60 Å². The van der Waals surface area contributed by atoms with Crippen LogP contribution in [0.15, 0.2) is 24.3 Å². The normalized spacial score (nSPS) is 18.1. The van der Waals surface area contributed by atoms with Gasteiger partial charge in [-0.05, 0) is 12.1 Å². The maximum atomic E-state index is 12.2. The third-order valence-electron chi connectivity index (χ3n) is 3.38. The highest BCUT2D eigenvalue weighted by Crippen LogP contribution is 2.25. The van der Waals surface area contributed by atoms with E-state index in [4.69, 9.17) is 16.7 Å². The lowest BCUT2D eigenvalue weighted by atomic mass is 9.91. The van der Waals surface area contributed by atoms with Crippen LogP contribution >= 0.6 is 11.6 Å². The molecule has 0 spiro atoms. The monoisotopic (exact) mass is 283 g/mol. The maximum Gasteiger partial charge on any atom is 0.335 e. The number of hydrogen-bond donors (Lipinski definition) is 2. The molecule has 0 aromatic heterocycles. The fourth-order valence-electron chi connectivity index (χ4n) is 2.10. The number of benzene rings is 1. The average Bonchev–Trinajstić information content (AvgIpc) is 2.39. The second-order valence-corrected chi connectivity index (χ2v) is 5.02. The van der Waals surface area contributed by atoms with Gasteiger partial charge < -0.3 is 15.1 Å². The first-order chi connectivity index (χ1) is 8.94.